The van der Waals surface area contributed by atoms with Crippen molar-refractivity contribution in [3.63, 3.8) is 0 Å². The number of carbonyl (C=O) groups excluding carboxylic acids is 4. The highest BCUT2D eigenvalue weighted by Crippen LogP contribution is 2.56. The van der Waals surface area contributed by atoms with Crippen LogP contribution in [0.2, 0.25) is 0 Å². The highest BCUT2D eigenvalue weighted by atomic mass is 16.5. The van der Waals surface area contributed by atoms with Crippen molar-refractivity contribution >= 4 is 45.9 Å². The summed E-state index contributed by atoms with van der Waals surface area (Å²) in [6, 6.07) is 21.8. The number of anilines is 2. The molecule has 5 heterocycles. The molecular weight excluding hydrogens is 773 g/mol. The van der Waals surface area contributed by atoms with Crippen molar-refractivity contribution in [2.45, 2.75) is 71.7 Å². The molecule has 5 aliphatic rings. The first kappa shape index (κ1) is 40.2. The average Bonchev–Trinajstić information content (AvgIpc) is 3.85. The van der Waals surface area contributed by atoms with E-state index in [1.165, 1.54) is 6.07 Å². The first-order valence-corrected chi connectivity index (χ1v) is 21.3. The van der Waals surface area contributed by atoms with Crippen molar-refractivity contribution in [1.82, 2.24) is 25.4 Å². The van der Waals surface area contributed by atoms with Gasteiger partial charge in [0.1, 0.15) is 24.0 Å². The van der Waals surface area contributed by atoms with Crippen LogP contribution in [0.1, 0.15) is 78.8 Å². The van der Waals surface area contributed by atoms with Gasteiger partial charge in [0.05, 0.1) is 11.1 Å². The molecule has 61 heavy (non-hydrogen) atoms. The molecule has 4 amide bonds. The Bertz CT molecular complexity index is 2520. The summed E-state index contributed by atoms with van der Waals surface area (Å²) in [7, 11) is 0. The molecule has 0 spiro atoms. The molecule has 3 saturated heterocycles. The Hall–Kier alpha value is -6.20. The molecule has 1 aliphatic carbocycles. The fraction of sp³-hybridized carbons (Fsp3) is 0.447. The van der Waals surface area contributed by atoms with E-state index in [2.05, 4.69) is 70.1 Å². The number of hydrogen-bond acceptors (Lipinski definition) is 10. The summed E-state index contributed by atoms with van der Waals surface area (Å²) >= 11 is 0. The molecule has 14 nitrogen and oxygen atoms in total. The summed E-state index contributed by atoms with van der Waals surface area (Å²) in [6.45, 7) is 15.4. The minimum atomic E-state index is -0.612. The normalized spacial score (nSPS) is 24.6. The Kier molecular flexibility index (Phi) is 10.1. The molecule has 2 atom stereocenters. The van der Waals surface area contributed by atoms with E-state index in [9.17, 15) is 29.2 Å². The zero-order valence-corrected chi connectivity index (χ0v) is 35.1. The van der Waals surface area contributed by atoms with Gasteiger partial charge in [-0.1, -0.05) is 27.7 Å². The number of nitrogens with one attached hydrogen (secondary N) is 3. The smallest absolute Gasteiger partial charge is 0.255 e. The molecule has 1 saturated carbocycles. The van der Waals surface area contributed by atoms with E-state index in [1.807, 2.05) is 36.4 Å². The van der Waals surface area contributed by atoms with Crippen molar-refractivity contribution in [2.75, 3.05) is 55.6 Å². The first-order chi connectivity index (χ1) is 29.2. The lowest BCUT2D eigenvalue weighted by Gasteiger charge is -2.63. The predicted octanol–water partition coefficient (Wildman–Crippen LogP) is 4.42. The van der Waals surface area contributed by atoms with Crippen molar-refractivity contribution in [3.05, 3.63) is 99.3 Å². The number of pyridine rings is 1. The van der Waals surface area contributed by atoms with E-state index < -0.39 is 22.8 Å². The van der Waals surface area contributed by atoms with Crippen LogP contribution in [-0.2, 0) is 16.1 Å². The number of hydrogen-bond donors (Lipinski definition) is 3. The number of aromatic amines is 1. The van der Waals surface area contributed by atoms with Gasteiger partial charge >= 0.3 is 0 Å². The van der Waals surface area contributed by atoms with Crippen LogP contribution in [0.15, 0.2) is 71.5 Å². The van der Waals surface area contributed by atoms with E-state index in [4.69, 9.17) is 4.74 Å². The maximum absolute atomic E-state index is 13.7. The van der Waals surface area contributed by atoms with Crippen LogP contribution in [0.3, 0.4) is 0 Å². The maximum Gasteiger partial charge on any atom is 0.255 e. The minimum Gasteiger partial charge on any atom is -0.488 e. The lowest BCUT2D eigenvalue weighted by Crippen LogP contribution is -2.74. The Balaban J connectivity index is 0.754. The third-order valence-electron chi connectivity index (χ3n) is 13.9. The van der Waals surface area contributed by atoms with E-state index in [0.717, 1.165) is 69.2 Å². The van der Waals surface area contributed by atoms with Crippen LogP contribution in [0.25, 0.3) is 10.9 Å². The standard InChI is InChI=1S/C47H52N8O6/c1-46(2)44(47(3,4)45(46)61-37-14-7-30(24-48)40-35(37)12-15-38(56)49-40)51-41(58)29-5-8-32(9-6-29)54-18-17-28(26-54)25-52-19-21-53(22-20-52)33-10-11-34-31(23-33)27-55(43(34)60)36-13-16-39(57)50-42(36)59/h5-12,14-15,23,28,36,44-45H,13,16-22,25-27H2,1-4H3,(H,49,56)(H,51,58)(H,50,57,59)/t28-,36+,44?,45?/m1/s1. The summed E-state index contributed by atoms with van der Waals surface area (Å²) in [6.07, 6.45) is 1.46. The molecule has 0 bridgehead atoms. The first-order valence-electron chi connectivity index (χ1n) is 21.3. The monoisotopic (exact) mass is 824 g/mol. The highest BCUT2D eigenvalue weighted by Gasteiger charge is 2.64. The number of nitriles is 1. The lowest BCUT2D eigenvalue weighted by molar-refractivity contribution is -0.163. The van der Waals surface area contributed by atoms with Gasteiger partial charge in [0.2, 0.25) is 17.4 Å². The van der Waals surface area contributed by atoms with Crippen molar-refractivity contribution < 1.29 is 23.9 Å². The fourth-order valence-corrected chi connectivity index (χ4v) is 10.9. The van der Waals surface area contributed by atoms with Crippen LogP contribution in [0.4, 0.5) is 11.4 Å². The van der Waals surface area contributed by atoms with Gasteiger partial charge in [0.15, 0.2) is 0 Å². The SMILES string of the molecule is CC1(C)C(NC(=O)c2ccc(N3CC[C@H](CN4CCN(c5ccc6c(c5)CN([C@H]5CCC(=O)NC5=O)C6=O)CC4)C3)cc2)C(C)(C)C1Oc1ccc(C#N)c2[nH]c(=O)ccc12. The number of rotatable bonds is 9. The second-order valence-electron chi connectivity index (χ2n) is 18.6. The molecule has 4 aliphatic heterocycles. The van der Waals surface area contributed by atoms with Crippen LogP contribution in [0, 0.1) is 28.1 Å². The van der Waals surface area contributed by atoms with Gasteiger partial charge in [0.25, 0.3) is 11.8 Å². The molecule has 0 radical (unpaired) electrons. The Morgan fingerprint density at radius 2 is 1.61 bits per heavy atom. The van der Waals surface area contributed by atoms with Gasteiger partial charge in [-0.2, -0.15) is 5.26 Å². The molecule has 14 heteroatoms. The van der Waals surface area contributed by atoms with Gasteiger partial charge in [-0.15, -0.1) is 0 Å². The number of piperidine rings is 1. The number of amides is 4. The van der Waals surface area contributed by atoms with E-state index in [-0.39, 0.29) is 41.8 Å². The van der Waals surface area contributed by atoms with E-state index in [0.29, 0.717) is 52.2 Å². The average molecular weight is 825 g/mol. The minimum absolute atomic E-state index is 0.126. The number of nitrogens with zero attached hydrogens (tertiary/aromatic N) is 5. The van der Waals surface area contributed by atoms with Gasteiger partial charge < -0.3 is 29.7 Å². The molecular formula is C47H52N8O6. The fourth-order valence-electron chi connectivity index (χ4n) is 10.9. The third kappa shape index (κ3) is 7.28. The molecule has 3 N–H and O–H groups in total. The second-order valence-corrected chi connectivity index (χ2v) is 18.6. The molecule has 316 valence electrons. The predicted molar refractivity (Wildman–Crippen MR) is 230 cm³/mol. The largest absolute Gasteiger partial charge is 0.488 e. The number of benzene rings is 3. The summed E-state index contributed by atoms with van der Waals surface area (Å²) in [5, 5.41) is 15.9. The lowest BCUT2D eigenvalue weighted by atomic mass is 9.49. The van der Waals surface area contributed by atoms with E-state index in [1.54, 1.807) is 23.1 Å². The van der Waals surface area contributed by atoms with Gasteiger partial charge in [0, 0.05) is 110 Å². The molecule has 4 fully saturated rings. The molecule has 4 aromatic rings. The molecule has 0 unspecified atom stereocenters. The van der Waals surface area contributed by atoms with Crippen molar-refractivity contribution in [2.24, 2.45) is 16.7 Å². The maximum atomic E-state index is 13.7. The topological polar surface area (TPSA) is 171 Å². The Labute approximate surface area is 354 Å². The van der Waals surface area contributed by atoms with Gasteiger partial charge in [-0.3, -0.25) is 34.2 Å². The van der Waals surface area contributed by atoms with Crippen LogP contribution >= 0.6 is 0 Å². The molecule has 9 rings (SSSR count). The zero-order chi connectivity index (χ0) is 42.8. The highest BCUT2D eigenvalue weighted by molar-refractivity contribution is 6.05. The van der Waals surface area contributed by atoms with Crippen molar-refractivity contribution in [3.8, 4) is 11.8 Å². The zero-order valence-electron chi connectivity index (χ0n) is 35.1. The number of ether oxygens (including phenoxy) is 1. The summed E-state index contributed by atoms with van der Waals surface area (Å²) in [5.41, 5.74) is 4.09. The van der Waals surface area contributed by atoms with Gasteiger partial charge in [-0.05, 0) is 85.0 Å². The van der Waals surface area contributed by atoms with E-state index >= 15 is 0 Å². The quantitative estimate of drug-likeness (QED) is 0.206. The third-order valence-corrected chi connectivity index (χ3v) is 13.9. The molecule has 1 aromatic heterocycles. The van der Waals surface area contributed by atoms with Gasteiger partial charge in [-0.25, -0.2) is 0 Å². The molecule has 3 aromatic carbocycles. The summed E-state index contributed by atoms with van der Waals surface area (Å²) in [4.78, 5) is 74.7. The van der Waals surface area contributed by atoms with Crippen LogP contribution < -0.4 is 30.7 Å². The van der Waals surface area contributed by atoms with Crippen molar-refractivity contribution in [1.29, 1.82) is 5.26 Å². The number of H-pyrrole nitrogens is 1. The second kappa shape index (κ2) is 15.4. The Morgan fingerprint density at radius 3 is 2.33 bits per heavy atom. The summed E-state index contributed by atoms with van der Waals surface area (Å²) < 4.78 is 6.62. The number of piperazine rings is 1. The number of aromatic nitrogens is 1. The number of imide groups is 1. The number of carbonyl (C=O) groups is 4. The number of fused-ring (bicyclic) bond motifs is 2. The van der Waals surface area contributed by atoms with Crippen LogP contribution in [-0.4, -0.2) is 102 Å². The Morgan fingerprint density at radius 1 is 0.869 bits per heavy atom. The van der Waals surface area contributed by atoms with Crippen LogP contribution in [0.5, 0.6) is 5.75 Å². The summed E-state index contributed by atoms with van der Waals surface area (Å²) in [5.74, 6) is 0.172.